The summed E-state index contributed by atoms with van der Waals surface area (Å²) in [7, 11) is 0. The molecule has 3 rings (SSSR count). The monoisotopic (exact) mass is 271 g/mol. The Hall–Kier alpha value is -1.68. The van der Waals surface area contributed by atoms with Gasteiger partial charge in [0.25, 0.3) is 0 Å². The number of benzene rings is 1. The summed E-state index contributed by atoms with van der Waals surface area (Å²) in [5.41, 5.74) is 2.90. The lowest BCUT2D eigenvalue weighted by Gasteiger charge is -2.23. The smallest absolute Gasteiger partial charge is 0.244 e. The molecule has 0 spiro atoms. The SMILES string of the molecule is CC(C)(C)Cc1noc([C@H]2Cc3ccccc3CN2)n1. The summed E-state index contributed by atoms with van der Waals surface area (Å²) in [5, 5.41) is 7.58. The van der Waals surface area contributed by atoms with E-state index in [0.717, 1.165) is 25.2 Å². The molecule has 0 fully saturated rings. The average Bonchev–Trinajstić information content (AvgIpc) is 2.84. The van der Waals surface area contributed by atoms with Crippen LogP contribution < -0.4 is 5.32 Å². The van der Waals surface area contributed by atoms with Crippen molar-refractivity contribution in [2.45, 2.75) is 46.2 Å². The normalized spacial score (nSPS) is 18.9. The van der Waals surface area contributed by atoms with Gasteiger partial charge in [-0.3, -0.25) is 0 Å². The molecule has 0 saturated carbocycles. The molecule has 1 aliphatic rings. The van der Waals surface area contributed by atoms with Crippen LogP contribution in [0.1, 0.15) is 49.7 Å². The minimum absolute atomic E-state index is 0.131. The van der Waals surface area contributed by atoms with Gasteiger partial charge in [0.2, 0.25) is 5.89 Å². The Morgan fingerprint density at radius 2 is 2.00 bits per heavy atom. The van der Waals surface area contributed by atoms with Gasteiger partial charge in [-0.2, -0.15) is 4.98 Å². The number of fused-ring (bicyclic) bond motifs is 1. The van der Waals surface area contributed by atoms with Gasteiger partial charge in [-0.25, -0.2) is 0 Å². The number of hydrogen-bond donors (Lipinski definition) is 1. The third-order valence-electron chi connectivity index (χ3n) is 3.55. The number of nitrogens with one attached hydrogen (secondary N) is 1. The van der Waals surface area contributed by atoms with E-state index < -0.39 is 0 Å². The van der Waals surface area contributed by atoms with Gasteiger partial charge in [-0.1, -0.05) is 50.2 Å². The molecule has 0 radical (unpaired) electrons. The highest BCUT2D eigenvalue weighted by atomic mass is 16.5. The van der Waals surface area contributed by atoms with Crippen LogP contribution in [0.25, 0.3) is 0 Å². The van der Waals surface area contributed by atoms with Gasteiger partial charge in [-0.15, -0.1) is 0 Å². The summed E-state index contributed by atoms with van der Waals surface area (Å²) >= 11 is 0. The molecular formula is C16H21N3O. The van der Waals surface area contributed by atoms with E-state index in [1.807, 2.05) is 0 Å². The fourth-order valence-corrected chi connectivity index (χ4v) is 2.58. The molecule has 1 aliphatic heterocycles. The molecule has 0 unspecified atom stereocenters. The predicted octanol–water partition coefficient (Wildman–Crippen LogP) is 3.05. The highest BCUT2D eigenvalue weighted by Gasteiger charge is 2.25. The van der Waals surface area contributed by atoms with Gasteiger partial charge in [-0.05, 0) is 23.0 Å². The van der Waals surface area contributed by atoms with Crippen molar-refractivity contribution in [2.24, 2.45) is 5.41 Å². The van der Waals surface area contributed by atoms with Crippen molar-refractivity contribution >= 4 is 0 Å². The maximum Gasteiger partial charge on any atom is 0.244 e. The first kappa shape index (κ1) is 13.3. The van der Waals surface area contributed by atoms with Gasteiger partial charge >= 0.3 is 0 Å². The van der Waals surface area contributed by atoms with E-state index in [1.54, 1.807) is 0 Å². The largest absolute Gasteiger partial charge is 0.338 e. The molecule has 4 heteroatoms. The maximum absolute atomic E-state index is 5.44. The molecule has 0 aliphatic carbocycles. The third-order valence-corrected chi connectivity index (χ3v) is 3.55. The van der Waals surface area contributed by atoms with E-state index in [9.17, 15) is 0 Å². The number of rotatable bonds is 2. The first-order valence-electron chi connectivity index (χ1n) is 7.14. The second-order valence-electron chi connectivity index (χ2n) is 6.69. The second-order valence-corrected chi connectivity index (χ2v) is 6.69. The van der Waals surface area contributed by atoms with E-state index in [2.05, 4.69) is 60.5 Å². The van der Waals surface area contributed by atoms with Gasteiger partial charge < -0.3 is 9.84 Å². The van der Waals surface area contributed by atoms with Crippen LogP contribution >= 0.6 is 0 Å². The topological polar surface area (TPSA) is 51.0 Å². The molecule has 1 aromatic heterocycles. The van der Waals surface area contributed by atoms with Crippen molar-refractivity contribution in [3.8, 4) is 0 Å². The second kappa shape index (κ2) is 5.02. The van der Waals surface area contributed by atoms with Crippen LogP contribution in [0.2, 0.25) is 0 Å². The highest BCUT2D eigenvalue weighted by molar-refractivity contribution is 5.30. The van der Waals surface area contributed by atoms with Gasteiger partial charge in [0, 0.05) is 13.0 Å². The summed E-state index contributed by atoms with van der Waals surface area (Å²) in [6.07, 6.45) is 1.74. The predicted molar refractivity (Wildman–Crippen MR) is 77.2 cm³/mol. The fraction of sp³-hybridized carbons (Fsp3) is 0.500. The van der Waals surface area contributed by atoms with Crippen LogP contribution in [0.3, 0.4) is 0 Å². The first-order chi connectivity index (χ1) is 9.51. The van der Waals surface area contributed by atoms with Gasteiger partial charge in [0.05, 0.1) is 6.04 Å². The van der Waals surface area contributed by atoms with Crippen molar-refractivity contribution in [3.63, 3.8) is 0 Å². The van der Waals surface area contributed by atoms with Crippen LogP contribution in [-0.2, 0) is 19.4 Å². The number of aromatic nitrogens is 2. The van der Waals surface area contributed by atoms with Crippen molar-refractivity contribution in [2.75, 3.05) is 0 Å². The molecule has 1 aromatic carbocycles. The molecule has 0 amide bonds. The summed E-state index contributed by atoms with van der Waals surface area (Å²) in [5.74, 6) is 1.51. The quantitative estimate of drug-likeness (QED) is 0.912. The summed E-state index contributed by atoms with van der Waals surface area (Å²) in [4.78, 5) is 4.55. The Bertz CT molecular complexity index is 598. The molecule has 4 nitrogen and oxygen atoms in total. The van der Waals surface area contributed by atoms with Crippen LogP contribution in [0.15, 0.2) is 28.8 Å². The first-order valence-corrected chi connectivity index (χ1v) is 7.14. The van der Waals surface area contributed by atoms with E-state index in [4.69, 9.17) is 4.52 Å². The van der Waals surface area contributed by atoms with Gasteiger partial charge in [0.1, 0.15) is 0 Å². The standard InChI is InChI=1S/C16H21N3O/c1-16(2,3)9-14-18-15(20-19-14)13-8-11-6-4-5-7-12(11)10-17-13/h4-7,13,17H,8-10H2,1-3H3/t13-/m1/s1. The molecule has 1 atom stereocenters. The zero-order chi connectivity index (χ0) is 14.2. The summed E-state index contributed by atoms with van der Waals surface area (Å²) < 4.78 is 5.44. The van der Waals surface area contributed by atoms with Crippen LogP contribution in [-0.4, -0.2) is 10.1 Å². The van der Waals surface area contributed by atoms with Crippen molar-refractivity contribution in [1.82, 2.24) is 15.5 Å². The molecule has 0 saturated heterocycles. The Labute approximate surface area is 119 Å². The molecule has 0 bridgehead atoms. The highest BCUT2D eigenvalue weighted by Crippen LogP contribution is 2.26. The summed E-state index contributed by atoms with van der Waals surface area (Å²) in [6, 6.07) is 8.63. The lowest BCUT2D eigenvalue weighted by molar-refractivity contribution is 0.314. The third kappa shape index (κ3) is 2.90. The van der Waals surface area contributed by atoms with Gasteiger partial charge in [0.15, 0.2) is 5.82 Å². The van der Waals surface area contributed by atoms with Crippen molar-refractivity contribution in [1.29, 1.82) is 0 Å². The molecule has 2 heterocycles. The average molecular weight is 271 g/mol. The Kier molecular flexibility index (Phi) is 3.34. The zero-order valence-corrected chi connectivity index (χ0v) is 12.3. The lowest BCUT2D eigenvalue weighted by Crippen LogP contribution is -2.28. The molecule has 2 aromatic rings. The van der Waals surface area contributed by atoms with Crippen LogP contribution in [0.4, 0.5) is 0 Å². The van der Waals surface area contributed by atoms with E-state index >= 15 is 0 Å². The van der Waals surface area contributed by atoms with Crippen LogP contribution in [0, 0.1) is 5.41 Å². The number of nitrogens with zero attached hydrogens (tertiary/aromatic N) is 2. The Morgan fingerprint density at radius 1 is 1.25 bits per heavy atom. The zero-order valence-electron chi connectivity index (χ0n) is 12.3. The molecule has 1 N–H and O–H groups in total. The number of hydrogen-bond acceptors (Lipinski definition) is 4. The Balaban J connectivity index is 1.75. The minimum atomic E-state index is 0.131. The van der Waals surface area contributed by atoms with E-state index in [0.29, 0.717) is 5.89 Å². The summed E-state index contributed by atoms with van der Waals surface area (Å²) in [6.45, 7) is 7.40. The van der Waals surface area contributed by atoms with Crippen molar-refractivity contribution < 1.29 is 4.52 Å². The minimum Gasteiger partial charge on any atom is -0.338 e. The van der Waals surface area contributed by atoms with Crippen LogP contribution in [0.5, 0.6) is 0 Å². The van der Waals surface area contributed by atoms with E-state index in [1.165, 1.54) is 11.1 Å². The fourth-order valence-electron chi connectivity index (χ4n) is 2.58. The van der Waals surface area contributed by atoms with E-state index in [-0.39, 0.29) is 11.5 Å². The Morgan fingerprint density at radius 3 is 2.75 bits per heavy atom. The molecule has 106 valence electrons. The molecule has 20 heavy (non-hydrogen) atoms. The molecular weight excluding hydrogens is 250 g/mol. The lowest BCUT2D eigenvalue weighted by atomic mass is 9.92. The maximum atomic E-state index is 5.44. The van der Waals surface area contributed by atoms with Crippen molar-refractivity contribution in [3.05, 3.63) is 47.1 Å².